The zero-order valence-electron chi connectivity index (χ0n) is 7.24. The zero-order chi connectivity index (χ0) is 11.6. The van der Waals surface area contributed by atoms with Gasteiger partial charge in [0.25, 0.3) is 9.05 Å². The van der Waals surface area contributed by atoms with Crippen LogP contribution in [-0.2, 0) is 14.9 Å². The van der Waals surface area contributed by atoms with Gasteiger partial charge in [0.15, 0.2) is 0 Å². The Morgan fingerprint density at radius 2 is 2.07 bits per heavy atom. The van der Waals surface area contributed by atoms with E-state index in [9.17, 15) is 13.5 Å². The van der Waals surface area contributed by atoms with Gasteiger partial charge in [-0.3, -0.25) is 0 Å². The van der Waals surface area contributed by atoms with Gasteiger partial charge in [-0.1, -0.05) is 0 Å². The summed E-state index contributed by atoms with van der Waals surface area (Å²) in [7, 11) is 1.11. The van der Waals surface area contributed by atoms with E-state index in [1.807, 2.05) is 0 Å². The van der Waals surface area contributed by atoms with E-state index in [1.165, 1.54) is 0 Å². The molecule has 0 fully saturated rings. The Kier molecular flexibility index (Phi) is 3.45. The summed E-state index contributed by atoms with van der Waals surface area (Å²) in [5.41, 5.74) is -0.166. The number of hydrogen-bond donors (Lipinski definition) is 1. The summed E-state index contributed by atoms with van der Waals surface area (Å²) in [5, 5.41) is 18.1. The summed E-state index contributed by atoms with van der Waals surface area (Å²) >= 11 is 5.49. The Labute approximate surface area is 96.1 Å². The molecule has 0 atom stereocenters. The molecule has 7 heteroatoms. The van der Waals surface area contributed by atoms with Crippen molar-refractivity contribution in [3.05, 3.63) is 23.3 Å². The molecule has 1 rings (SSSR count). The van der Waals surface area contributed by atoms with Crippen LogP contribution in [0.1, 0.15) is 11.1 Å². The molecule has 1 aromatic rings. The van der Waals surface area contributed by atoms with Crippen molar-refractivity contribution in [2.75, 3.05) is 0 Å². The average molecular weight is 266 g/mol. The first kappa shape index (κ1) is 12.1. The maximum atomic E-state index is 11.1. The summed E-state index contributed by atoms with van der Waals surface area (Å²) in [6.07, 6.45) is 0. The zero-order valence-corrected chi connectivity index (χ0v) is 9.57. The molecule has 0 amide bonds. The summed E-state index contributed by atoms with van der Waals surface area (Å²) in [5.74, 6) is -0.403. The molecular weight excluding hydrogens is 261 g/mol. The van der Waals surface area contributed by atoms with Crippen LogP contribution in [0.5, 0.6) is 5.75 Å². The second-order valence-corrected chi connectivity index (χ2v) is 5.42. The first-order valence-electron chi connectivity index (χ1n) is 3.67. The highest BCUT2D eigenvalue weighted by Crippen LogP contribution is 2.29. The maximum absolute atomic E-state index is 11.1. The number of nitrogens with zero attached hydrogens (tertiary/aromatic N) is 1. The lowest BCUT2D eigenvalue weighted by molar-refractivity contribution is 0.469. The lowest BCUT2D eigenvalue weighted by atomic mass is 10.1. The van der Waals surface area contributed by atoms with E-state index in [0.717, 1.165) is 12.1 Å². The largest absolute Gasteiger partial charge is 0.508 e. The van der Waals surface area contributed by atoms with Gasteiger partial charge in [0.2, 0.25) is 0 Å². The molecule has 0 aliphatic heterocycles. The number of aromatic hydroxyl groups is 1. The molecule has 0 bridgehead atoms. The van der Waals surface area contributed by atoms with Gasteiger partial charge in [0.1, 0.15) is 16.7 Å². The van der Waals surface area contributed by atoms with Gasteiger partial charge in [-0.15, -0.1) is 11.6 Å². The fourth-order valence-corrected chi connectivity index (χ4v) is 2.38. The molecule has 0 saturated carbocycles. The Morgan fingerprint density at radius 3 is 2.47 bits per heavy atom. The van der Waals surface area contributed by atoms with E-state index >= 15 is 0 Å². The van der Waals surface area contributed by atoms with Gasteiger partial charge in [0.05, 0.1) is 11.4 Å². The van der Waals surface area contributed by atoms with E-state index < -0.39 is 9.05 Å². The topological polar surface area (TPSA) is 78.2 Å². The van der Waals surface area contributed by atoms with Crippen molar-refractivity contribution >= 4 is 31.3 Å². The van der Waals surface area contributed by atoms with E-state index in [2.05, 4.69) is 0 Å². The molecule has 0 aliphatic rings. The second-order valence-electron chi connectivity index (χ2n) is 2.62. The third-order valence-electron chi connectivity index (χ3n) is 1.76. The minimum atomic E-state index is -4.01. The molecule has 1 N–H and O–H groups in total. The summed E-state index contributed by atoms with van der Waals surface area (Å²) in [6, 6.07) is 3.85. The summed E-state index contributed by atoms with van der Waals surface area (Å²) in [6.45, 7) is 0. The molecular formula is C8H5Cl2NO3S. The van der Waals surface area contributed by atoms with Crippen LogP contribution in [0.3, 0.4) is 0 Å². The Bertz CT molecular complexity index is 534. The highest BCUT2D eigenvalue weighted by molar-refractivity contribution is 8.13. The predicted octanol–water partition coefficient (Wildman–Crippen LogP) is 1.93. The third-order valence-corrected chi connectivity index (χ3v) is 3.39. The summed E-state index contributed by atoms with van der Waals surface area (Å²) < 4.78 is 22.2. The van der Waals surface area contributed by atoms with Crippen molar-refractivity contribution < 1.29 is 13.5 Å². The molecule has 1 aromatic carbocycles. The number of phenols is 1. The lowest BCUT2D eigenvalue weighted by Crippen LogP contribution is -1.99. The van der Waals surface area contributed by atoms with Crippen molar-refractivity contribution in [3.63, 3.8) is 0 Å². The molecule has 4 nitrogen and oxygen atoms in total. The first-order valence-corrected chi connectivity index (χ1v) is 6.51. The van der Waals surface area contributed by atoms with Crippen LogP contribution < -0.4 is 0 Å². The van der Waals surface area contributed by atoms with Crippen LogP contribution in [0.15, 0.2) is 17.0 Å². The van der Waals surface area contributed by atoms with Crippen molar-refractivity contribution in [3.8, 4) is 11.8 Å². The monoisotopic (exact) mass is 265 g/mol. The Morgan fingerprint density at radius 1 is 1.47 bits per heavy atom. The molecule has 0 saturated heterocycles. The van der Waals surface area contributed by atoms with Crippen molar-refractivity contribution in [1.82, 2.24) is 0 Å². The van der Waals surface area contributed by atoms with Crippen molar-refractivity contribution in [2.45, 2.75) is 10.8 Å². The number of alkyl halides is 1. The van der Waals surface area contributed by atoms with E-state index in [4.69, 9.17) is 27.5 Å². The van der Waals surface area contributed by atoms with Gasteiger partial charge in [-0.25, -0.2) is 8.42 Å². The van der Waals surface area contributed by atoms with E-state index in [0.29, 0.717) is 0 Å². The van der Waals surface area contributed by atoms with Gasteiger partial charge in [-0.2, -0.15) is 5.26 Å². The highest BCUT2D eigenvalue weighted by atomic mass is 35.7. The van der Waals surface area contributed by atoms with E-state index in [1.54, 1.807) is 6.07 Å². The van der Waals surface area contributed by atoms with Crippen LogP contribution in [0.4, 0.5) is 0 Å². The van der Waals surface area contributed by atoms with Crippen molar-refractivity contribution in [2.24, 2.45) is 0 Å². The number of benzene rings is 1. The van der Waals surface area contributed by atoms with E-state index in [-0.39, 0.29) is 27.7 Å². The molecule has 0 unspecified atom stereocenters. The van der Waals surface area contributed by atoms with Crippen LogP contribution in [0.2, 0.25) is 0 Å². The third kappa shape index (κ3) is 2.34. The smallest absolute Gasteiger partial charge is 0.262 e. The maximum Gasteiger partial charge on any atom is 0.262 e. The molecule has 0 heterocycles. The number of hydrogen-bond acceptors (Lipinski definition) is 4. The quantitative estimate of drug-likeness (QED) is 0.655. The van der Waals surface area contributed by atoms with Gasteiger partial charge < -0.3 is 5.11 Å². The summed E-state index contributed by atoms with van der Waals surface area (Å²) in [4.78, 5) is -0.347. The van der Waals surface area contributed by atoms with Gasteiger partial charge in [-0.05, 0) is 12.1 Å². The SMILES string of the molecule is N#Cc1c(S(=O)(=O)Cl)ccc(O)c1CCl. The number of phenolic OH excluding ortho intramolecular Hbond substituents is 1. The molecule has 80 valence electrons. The van der Waals surface area contributed by atoms with Gasteiger partial charge in [0, 0.05) is 16.2 Å². The predicted molar refractivity (Wildman–Crippen MR) is 55.4 cm³/mol. The minimum Gasteiger partial charge on any atom is -0.508 e. The van der Waals surface area contributed by atoms with Crippen LogP contribution in [-0.4, -0.2) is 13.5 Å². The van der Waals surface area contributed by atoms with Crippen LogP contribution >= 0.6 is 22.3 Å². The second kappa shape index (κ2) is 4.27. The minimum absolute atomic E-state index is 0.0564. The van der Waals surface area contributed by atoms with Gasteiger partial charge >= 0.3 is 0 Å². The fraction of sp³-hybridized carbons (Fsp3) is 0.125. The average Bonchev–Trinajstić information content (AvgIpc) is 2.15. The molecule has 0 spiro atoms. The molecule has 0 aromatic heterocycles. The Balaban J connectivity index is 3.66. The lowest BCUT2D eigenvalue weighted by Gasteiger charge is -2.06. The number of nitriles is 1. The normalized spacial score (nSPS) is 11.0. The molecule has 0 aliphatic carbocycles. The number of halogens is 2. The molecule has 15 heavy (non-hydrogen) atoms. The first-order chi connectivity index (χ1) is 6.91. The number of rotatable bonds is 2. The highest BCUT2D eigenvalue weighted by Gasteiger charge is 2.20. The molecule has 0 radical (unpaired) electrons. The van der Waals surface area contributed by atoms with Crippen LogP contribution in [0, 0.1) is 11.3 Å². The van der Waals surface area contributed by atoms with Crippen molar-refractivity contribution in [1.29, 1.82) is 5.26 Å². The Hall–Kier alpha value is -0.960. The standard InChI is InChI=1S/C8H5Cl2NO3S/c9-3-5-6(4-11)8(15(10,13)14)2-1-7(5)12/h1-2,12H,3H2. The fourth-order valence-electron chi connectivity index (χ4n) is 1.08. The van der Waals surface area contributed by atoms with Crippen LogP contribution in [0.25, 0.3) is 0 Å².